The van der Waals surface area contributed by atoms with Gasteiger partial charge in [-0.25, -0.2) is 13.8 Å². The van der Waals surface area contributed by atoms with Crippen molar-refractivity contribution in [1.29, 1.82) is 0 Å². The van der Waals surface area contributed by atoms with Crippen LogP contribution in [-0.2, 0) is 4.74 Å². The lowest BCUT2D eigenvalue weighted by Gasteiger charge is -2.47. The fourth-order valence-corrected chi connectivity index (χ4v) is 4.20. The number of aryl methyl sites for hydroxylation is 1. The topological polar surface area (TPSA) is 54.5 Å². The van der Waals surface area contributed by atoms with Gasteiger partial charge in [0.15, 0.2) is 0 Å². The number of anilines is 2. The second-order valence-electron chi connectivity index (χ2n) is 7.63. The Hall–Kier alpha value is -3.06. The summed E-state index contributed by atoms with van der Waals surface area (Å²) in [6.45, 7) is 3.11. The Morgan fingerprint density at radius 1 is 1.17 bits per heavy atom. The predicted molar refractivity (Wildman–Crippen MR) is 105 cm³/mol. The van der Waals surface area contributed by atoms with Crippen LogP contribution in [0.15, 0.2) is 42.6 Å². The highest BCUT2D eigenvalue weighted by Gasteiger charge is 2.40. The molecule has 6 rings (SSSR count). The number of halogens is 2. The van der Waals surface area contributed by atoms with E-state index in [-0.39, 0.29) is 23.8 Å². The molecule has 0 aliphatic carbocycles. The molecule has 5 nitrogen and oxygen atoms in total. The van der Waals surface area contributed by atoms with Crippen LogP contribution >= 0.6 is 0 Å². The number of fused-ring (bicyclic) bond motifs is 3. The smallest absolute Gasteiger partial charge is 0.256 e. The molecule has 0 spiro atoms. The number of nitrogens with zero attached hydrogens (tertiary/aromatic N) is 2. The molecule has 2 aromatic carbocycles. The summed E-state index contributed by atoms with van der Waals surface area (Å²) in [6.07, 6.45) is 2.80. The summed E-state index contributed by atoms with van der Waals surface area (Å²) in [5.41, 5.74) is 1.71. The first-order chi connectivity index (χ1) is 14.0. The lowest BCUT2D eigenvalue weighted by Crippen LogP contribution is -2.58. The van der Waals surface area contributed by atoms with E-state index >= 15 is 0 Å². The number of carbonyl (C=O) groups is 1. The quantitative estimate of drug-likeness (QED) is 0.723. The first-order valence-electron chi connectivity index (χ1n) is 9.54. The molecule has 3 aliphatic rings. The molecule has 7 heteroatoms. The normalized spacial score (nSPS) is 20.4. The molecule has 1 amide bonds. The molecule has 3 aliphatic heterocycles. The molecule has 3 aromatic rings. The maximum Gasteiger partial charge on any atom is 0.256 e. The fourth-order valence-electron chi connectivity index (χ4n) is 4.20. The van der Waals surface area contributed by atoms with Crippen molar-refractivity contribution < 1.29 is 18.3 Å². The van der Waals surface area contributed by atoms with Crippen molar-refractivity contribution >= 4 is 28.2 Å². The van der Waals surface area contributed by atoms with Gasteiger partial charge in [-0.05, 0) is 24.6 Å². The van der Waals surface area contributed by atoms with Crippen LogP contribution in [0.2, 0.25) is 0 Å². The Kier molecular flexibility index (Phi) is 4.20. The van der Waals surface area contributed by atoms with E-state index in [4.69, 9.17) is 4.74 Å². The molecule has 2 atom stereocenters. The number of aromatic nitrogens is 1. The van der Waals surface area contributed by atoms with Gasteiger partial charge in [0.25, 0.3) is 5.91 Å². The van der Waals surface area contributed by atoms with E-state index < -0.39 is 11.6 Å². The Bertz CT molecular complexity index is 1100. The van der Waals surface area contributed by atoms with Crippen molar-refractivity contribution in [3.63, 3.8) is 0 Å². The van der Waals surface area contributed by atoms with Gasteiger partial charge in [-0.2, -0.15) is 0 Å². The number of pyridine rings is 1. The number of nitrogens with one attached hydrogen (secondary N) is 1. The van der Waals surface area contributed by atoms with Crippen molar-refractivity contribution in [2.75, 3.05) is 18.4 Å². The average Bonchev–Trinajstić information content (AvgIpc) is 2.67. The van der Waals surface area contributed by atoms with Gasteiger partial charge in [-0.3, -0.25) is 4.79 Å². The van der Waals surface area contributed by atoms with Gasteiger partial charge in [0.2, 0.25) is 0 Å². The first kappa shape index (κ1) is 18.0. The molecule has 0 radical (unpaired) electrons. The van der Waals surface area contributed by atoms with Gasteiger partial charge in [-0.1, -0.05) is 18.2 Å². The minimum atomic E-state index is -0.675. The summed E-state index contributed by atoms with van der Waals surface area (Å²) in [5.74, 6) is -0.982. The van der Waals surface area contributed by atoms with E-state index in [9.17, 15) is 13.6 Å². The zero-order chi connectivity index (χ0) is 20.1. The van der Waals surface area contributed by atoms with Crippen LogP contribution in [0.1, 0.15) is 22.3 Å². The summed E-state index contributed by atoms with van der Waals surface area (Å²) < 4.78 is 32.7. The van der Waals surface area contributed by atoms with Gasteiger partial charge < -0.3 is 15.0 Å². The molecule has 3 saturated heterocycles. The minimum absolute atomic E-state index is 0.0712. The molecule has 1 N–H and O–H groups in total. The predicted octanol–water partition coefficient (Wildman–Crippen LogP) is 4.18. The van der Waals surface area contributed by atoms with E-state index in [0.717, 1.165) is 28.8 Å². The Morgan fingerprint density at radius 2 is 1.86 bits per heavy atom. The molecule has 29 heavy (non-hydrogen) atoms. The number of hydrogen-bond donors (Lipinski definition) is 1. The number of ether oxygens (including phenoxy) is 1. The van der Waals surface area contributed by atoms with Crippen LogP contribution < -0.4 is 5.32 Å². The highest BCUT2D eigenvalue weighted by Crippen LogP contribution is 2.33. The number of amides is 1. The van der Waals surface area contributed by atoms with Gasteiger partial charge in [0, 0.05) is 48.2 Å². The van der Waals surface area contributed by atoms with Gasteiger partial charge >= 0.3 is 0 Å². The van der Waals surface area contributed by atoms with Crippen molar-refractivity contribution in [2.45, 2.75) is 25.6 Å². The molecular formula is C22H19F2N3O2. The lowest BCUT2D eigenvalue weighted by atomic mass is 9.96. The van der Waals surface area contributed by atoms with Gasteiger partial charge in [-0.15, -0.1) is 0 Å². The molecule has 2 unspecified atom stereocenters. The number of morpholine rings is 1. The van der Waals surface area contributed by atoms with E-state index in [2.05, 4.69) is 10.3 Å². The molecule has 1 aromatic heterocycles. The maximum absolute atomic E-state index is 13.6. The largest absolute Gasteiger partial charge is 0.371 e. The Morgan fingerprint density at radius 3 is 2.55 bits per heavy atom. The molecular weight excluding hydrogens is 376 g/mol. The average molecular weight is 395 g/mol. The fraction of sp³-hybridized carbons (Fsp3) is 0.273. The van der Waals surface area contributed by atoms with Crippen molar-refractivity contribution in [3.05, 3.63) is 65.4 Å². The number of piperidine rings is 1. The Labute approximate surface area is 166 Å². The second kappa shape index (κ2) is 6.77. The molecule has 2 bridgehead atoms. The maximum atomic E-state index is 13.6. The SMILES string of the molecule is Cc1cccc2c(Nc3cc(F)cc(F)c3)ncc(C(=O)N3CC4CC(C3)O4)c12. The van der Waals surface area contributed by atoms with E-state index in [1.807, 2.05) is 30.0 Å². The number of benzene rings is 2. The van der Waals surface area contributed by atoms with E-state index in [1.54, 1.807) is 0 Å². The third-order valence-corrected chi connectivity index (χ3v) is 5.52. The van der Waals surface area contributed by atoms with Gasteiger partial charge in [0.05, 0.1) is 17.8 Å². The van der Waals surface area contributed by atoms with Crippen LogP contribution in [-0.4, -0.2) is 41.1 Å². The number of hydrogen-bond acceptors (Lipinski definition) is 4. The highest BCUT2D eigenvalue weighted by atomic mass is 19.1. The second-order valence-corrected chi connectivity index (χ2v) is 7.63. The van der Waals surface area contributed by atoms with Gasteiger partial charge in [0.1, 0.15) is 17.5 Å². The molecule has 4 heterocycles. The third kappa shape index (κ3) is 3.21. The zero-order valence-electron chi connectivity index (χ0n) is 15.8. The third-order valence-electron chi connectivity index (χ3n) is 5.52. The summed E-state index contributed by atoms with van der Waals surface area (Å²) in [7, 11) is 0. The monoisotopic (exact) mass is 395 g/mol. The standard InChI is InChI=1S/C22H19F2N3O2/c1-12-3-2-4-18-20(12)19(22(28)27-10-16-8-17(11-27)29-16)9-25-21(18)26-15-6-13(23)5-14(24)7-15/h2-7,9,16-17H,8,10-11H2,1H3,(H,25,26). The van der Waals surface area contributed by atoms with Crippen LogP contribution in [0.3, 0.4) is 0 Å². The van der Waals surface area contributed by atoms with Crippen LogP contribution in [0.5, 0.6) is 0 Å². The Balaban J connectivity index is 1.55. The van der Waals surface area contributed by atoms with E-state index in [0.29, 0.717) is 24.5 Å². The van der Waals surface area contributed by atoms with Crippen molar-refractivity contribution in [3.8, 4) is 0 Å². The summed E-state index contributed by atoms with van der Waals surface area (Å²) in [6, 6.07) is 8.86. The molecule has 0 saturated carbocycles. The van der Waals surface area contributed by atoms with Crippen LogP contribution in [0.25, 0.3) is 10.8 Å². The number of carbonyl (C=O) groups excluding carboxylic acids is 1. The molecule has 3 fully saturated rings. The number of rotatable bonds is 3. The first-order valence-corrected chi connectivity index (χ1v) is 9.54. The summed E-state index contributed by atoms with van der Waals surface area (Å²) in [5, 5.41) is 4.49. The van der Waals surface area contributed by atoms with Crippen molar-refractivity contribution in [2.24, 2.45) is 0 Å². The van der Waals surface area contributed by atoms with Crippen molar-refractivity contribution in [1.82, 2.24) is 9.88 Å². The van der Waals surface area contributed by atoms with E-state index in [1.165, 1.54) is 18.3 Å². The minimum Gasteiger partial charge on any atom is -0.371 e. The summed E-state index contributed by atoms with van der Waals surface area (Å²) in [4.78, 5) is 19.4. The summed E-state index contributed by atoms with van der Waals surface area (Å²) >= 11 is 0. The van der Waals surface area contributed by atoms with Crippen LogP contribution in [0.4, 0.5) is 20.3 Å². The highest BCUT2D eigenvalue weighted by molar-refractivity contribution is 6.10. The zero-order valence-corrected chi connectivity index (χ0v) is 15.8. The molecule has 148 valence electrons. The van der Waals surface area contributed by atoms with Crippen LogP contribution in [0, 0.1) is 18.6 Å². The lowest BCUT2D eigenvalue weighted by molar-refractivity contribution is -0.171.